The molecular weight excluding hydrogens is 312 g/mol. The van der Waals surface area contributed by atoms with E-state index in [0.717, 1.165) is 37.4 Å². The van der Waals surface area contributed by atoms with Crippen LogP contribution >= 0.6 is 0 Å². The van der Waals surface area contributed by atoms with Gasteiger partial charge >= 0.3 is 25.7 Å². The molecule has 120 valence electrons. The lowest BCUT2D eigenvalue weighted by molar-refractivity contribution is 0.233. The molecule has 1 rings (SSSR count). The van der Waals surface area contributed by atoms with Crippen LogP contribution in [0.15, 0.2) is 36.8 Å². The van der Waals surface area contributed by atoms with Gasteiger partial charge in [0, 0.05) is 0 Å². The summed E-state index contributed by atoms with van der Waals surface area (Å²) in [5, 5.41) is 0. The van der Waals surface area contributed by atoms with Crippen LogP contribution in [0.2, 0.25) is 18.1 Å². The second-order valence-electron chi connectivity index (χ2n) is 5.60. The monoisotopic (exact) mass is 342 g/mol. The fourth-order valence-electron chi connectivity index (χ4n) is 2.85. The standard InChI is InChI=1S/C15H30O3Si3/c1-7-13-19(10-4)16-20(11-5,14-8-2)18-21(12-6,17-19)15-9-3/h10-12H,4-9,13-15H2,1-3H3. The summed E-state index contributed by atoms with van der Waals surface area (Å²) < 4.78 is 19.6. The van der Waals surface area contributed by atoms with Gasteiger partial charge in [-0.25, -0.2) is 0 Å². The van der Waals surface area contributed by atoms with Crippen LogP contribution in [0.4, 0.5) is 0 Å². The van der Waals surface area contributed by atoms with Crippen molar-refractivity contribution in [2.75, 3.05) is 0 Å². The van der Waals surface area contributed by atoms with Crippen LogP contribution < -0.4 is 0 Å². The van der Waals surface area contributed by atoms with Crippen molar-refractivity contribution in [1.29, 1.82) is 0 Å². The number of hydrogen-bond acceptors (Lipinski definition) is 3. The van der Waals surface area contributed by atoms with Gasteiger partial charge in [0.25, 0.3) is 0 Å². The van der Waals surface area contributed by atoms with Crippen LogP contribution in [0.25, 0.3) is 0 Å². The SMILES string of the molecule is C=C[Si]1(CCC)O[Si](C=C)(CCC)O[Si](C=C)(CCC)O1. The van der Waals surface area contributed by atoms with Crippen molar-refractivity contribution in [1.82, 2.24) is 0 Å². The summed E-state index contributed by atoms with van der Waals surface area (Å²) in [6, 6.07) is 2.79. The predicted octanol–water partition coefficient (Wildman–Crippen LogP) is 4.78. The van der Waals surface area contributed by atoms with Crippen molar-refractivity contribution in [2.24, 2.45) is 0 Å². The van der Waals surface area contributed by atoms with E-state index < -0.39 is 25.7 Å². The van der Waals surface area contributed by atoms with E-state index in [9.17, 15) is 0 Å². The Bertz CT molecular complexity index is 321. The predicted molar refractivity (Wildman–Crippen MR) is 96.4 cm³/mol. The minimum Gasteiger partial charge on any atom is -0.409 e. The highest BCUT2D eigenvalue weighted by Crippen LogP contribution is 2.39. The maximum absolute atomic E-state index is 6.53. The average Bonchev–Trinajstić information content (AvgIpc) is 2.48. The highest BCUT2D eigenvalue weighted by Gasteiger charge is 2.58. The first kappa shape index (κ1) is 18.8. The highest BCUT2D eigenvalue weighted by molar-refractivity contribution is 6.99. The van der Waals surface area contributed by atoms with E-state index >= 15 is 0 Å². The molecule has 0 unspecified atom stereocenters. The summed E-state index contributed by atoms with van der Waals surface area (Å²) in [5.41, 5.74) is 5.84. The van der Waals surface area contributed by atoms with Crippen LogP contribution in [-0.4, -0.2) is 25.7 Å². The smallest absolute Gasteiger partial charge is 0.347 e. The molecule has 0 atom stereocenters. The van der Waals surface area contributed by atoms with E-state index in [1.165, 1.54) is 0 Å². The highest BCUT2D eigenvalue weighted by atomic mass is 28.5. The minimum atomic E-state index is -2.42. The third kappa shape index (κ3) is 4.14. The molecule has 0 aromatic heterocycles. The van der Waals surface area contributed by atoms with Gasteiger partial charge in [-0.05, 0) is 18.1 Å². The summed E-state index contributed by atoms with van der Waals surface area (Å²) in [6.45, 7) is 18.6. The van der Waals surface area contributed by atoms with Crippen LogP contribution in [0, 0.1) is 0 Å². The molecule has 21 heavy (non-hydrogen) atoms. The first-order valence-corrected chi connectivity index (χ1v) is 14.3. The lowest BCUT2D eigenvalue weighted by Gasteiger charge is -2.50. The molecule has 0 aromatic carbocycles. The molecule has 0 aromatic rings. The van der Waals surface area contributed by atoms with Gasteiger partial charge in [-0.2, -0.15) is 0 Å². The van der Waals surface area contributed by atoms with Crippen LogP contribution in [0.5, 0.6) is 0 Å². The lowest BCUT2D eigenvalue weighted by atomic mass is 10.6. The van der Waals surface area contributed by atoms with Gasteiger partial charge in [0.1, 0.15) is 0 Å². The molecule has 0 radical (unpaired) electrons. The van der Waals surface area contributed by atoms with Gasteiger partial charge < -0.3 is 12.3 Å². The Kier molecular flexibility index (Phi) is 7.02. The summed E-state index contributed by atoms with van der Waals surface area (Å²) >= 11 is 0. The lowest BCUT2D eigenvalue weighted by Crippen LogP contribution is -2.68. The van der Waals surface area contributed by atoms with Crippen LogP contribution in [0.1, 0.15) is 40.0 Å². The van der Waals surface area contributed by atoms with Gasteiger partial charge in [0.2, 0.25) is 0 Å². The Hall–Kier alpha value is -0.249. The Labute approximate surface area is 133 Å². The normalized spacial score (nSPS) is 36.1. The molecule has 0 aliphatic carbocycles. The Balaban J connectivity index is 3.27. The van der Waals surface area contributed by atoms with Crippen molar-refractivity contribution >= 4 is 25.7 Å². The van der Waals surface area contributed by atoms with E-state index in [1.54, 1.807) is 0 Å². The van der Waals surface area contributed by atoms with E-state index in [1.807, 2.05) is 17.1 Å². The molecular formula is C15H30O3Si3. The van der Waals surface area contributed by atoms with Crippen LogP contribution in [0.3, 0.4) is 0 Å². The van der Waals surface area contributed by atoms with Gasteiger partial charge in [-0.3, -0.25) is 0 Å². The molecule has 1 aliphatic heterocycles. The van der Waals surface area contributed by atoms with Gasteiger partial charge in [0.15, 0.2) is 0 Å². The fourth-order valence-corrected chi connectivity index (χ4v) is 18.6. The second kappa shape index (κ2) is 7.85. The first-order chi connectivity index (χ1) is 9.99. The largest absolute Gasteiger partial charge is 0.409 e. The minimum absolute atomic E-state index is 0.929. The summed E-state index contributed by atoms with van der Waals surface area (Å²) in [7, 11) is -7.27. The van der Waals surface area contributed by atoms with Crippen molar-refractivity contribution in [3.8, 4) is 0 Å². The number of hydrogen-bond donors (Lipinski definition) is 0. The molecule has 0 N–H and O–H groups in total. The molecule has 0 bridgehead atoms. The van der Waals surface area contributed by atoms with Crippen molar-refractivity contribution < 1.29 is 12.3 Å². The maximum Gasteiger partial charge on any atom is 0.347 e. The zero-order valence-electron chi connectivity index (χ0n) is 13.8. The Morgan fingerprint density at radius 1 is 0.619 bits per heavy atom. The molecule has 0 amide bonds. The molecule has 6 heteroatoms. The number of rotatable bonds is 9. The van der Waals surface area contributed by atoms with E-state index in [0.29, 0.717) is 0 Å². The molecule has 1 fully saturated rings. The average molecular weight is 343 g/mol. The van der Waals surface area contributed by atoms with Crippen molar-refractivity contribution in [3.05, 3.63) is 36.8 Å². The van der Waals surface area contributed by atoms with E-state index in [2.05, 4.69) is 40.5 Å². The maximum atomic E-state index is 6.53. The zero-order valence-corrected chi connectivity index (χ0v) is 16.8. The summed E-state index contributed by atoms with van der Waals surface area (Å²) in [4.78, 5) is 0. The third-order valence-electron chi connectivity index (χ3n) is 3.76. The summed E-state index contributed by atoms with van der Waals surface area (Å²) in [5.74, 6) is 0. The second-order valence-corrected chi connectivity index (χ2v) is 15.6. The van der Waals surface area contributed by atoms with Gasteiger partial charge in [0.05, 0.1) is 0 Å². The topological polar surface area (TPSA) is 27.7 Å². The van der Waals surface area contributed by atoms with Crippen LogP contribution in [-0.2, 0) is 12.3 Å². The molecule has 1 aliphatic rings. The molecule has 1 saturated heterocycles. The first-order valence-electron chi connectivity index (χ1n) is 8.00. The van der Waals surface area contributed by atoms with Crippen molar-refractivity contribution in [3.63, 3.8) is 0 Å². The molecule has 0 spiro atoms. The molecule has 3 nitrogen and oxygen atoms in total. The van der Waals surface area contributed by atoms with Crippen molar-refractivity contribution in [2.45, 2.75) is 58.2 Å². The fraction of sp³-hybridized carbons (Fsp3) is 0.600. The Morgan fingerprint density at radius 2 is 0.857 bits per heavy atom. The quantitative estimate of drug-likeness (QED) is 0.564. The van der Waals surface area contributed by atoms with Gasteiger partial charge in [-0.1, -0.05) is 57.1 Å². The third-order valence-corrected chi connectivity index (χ3v) is 17.5. The zero-order chi connectivity index (χ0) is 16.0. The molecule has 1 heterocycles. The van der Waals surface area contributed by atoms with E-state index in [4.69, 9.17) is 12.3 Å². The Morgan fingerprint density at radius 3 is 1.00 bits per heavy atom. The van der Waals surface area contributed by atoms with E-state index in [-0.39, 0.29) is 0 Å². The summed E-state index contributed by atoms with van der Waals surface area (Å²) in [6.07, 6.45) is 3.08. The molecule has 0 saturated carbocycles. The van der Waals surface area contributed by atoms with Gasteiger partial charge in [-0.15, -0.1) is 19.7 Å².